The molecule has 0 aromatic heterocycles. The second kappa shape index (κ2) is 17.4. The first-order chi connectivity index (χ1) is 17.1. The van der Waals surface area contributed by atoms with Crippen LogP contribution in [0.25, 0.3) is 0 Å². The highest BCUT2D eigenvalue weighted by Gasteiger charge is 2.37. The van der Waals surface area contributed by atoms with Crippen LogP contribution in [0.4, 0.5) is 0 Å². The summed E-state index contributed by atoms with van der Waals surface area (Å²) in [5, 5.41) is 0. The van der Waals surface area contributed by atoms with Crippen LogP contribution in [0.1, 0.15) is 95.9 Å². The fraction of sp³-hybridized carbons (Fsp3) is 0.929. The van der Waals surface area contributed by atoms with Crippen molar-refractivity contribution in [3.05, 3.63) is 0 Å². The quantitative estimate of drug-likeness (QED) is 0.203. The zero-order chi connectivity index (χ0) is 28.8. The van der Waals surface area contributed by atoms with Gasteiger partial charge in [-0.1, -0.05) is 13.8 Å². The van der Waals surface area contributed by atoms with Crippen LogP contribution in [0.2, 0.25) is 0 Å². The number of esters is 2. The fourth-order valence-corrected chi connectivity index (χ4v) is 3.49. The molecule has 0 aromatic rings. The monoisotopic (exact) mass is 534 g/mol. The largest absolute Gasteiger partial charge is 0.461 e. The average Bonchev–Trinajstić information content (AvgIpc) is 2.79. The van der Waals surface area contributed by atoms with E-state index in [0.717, 1.165) is 6.42 Å². The second-order valence-electron chi connectivity index (χ2n) is 10.8. The molecule has 0 radical (unpaired) electrons. The lowest BCUT2D eigenvalue weighted by Crippen LogP contribution is -2.44. The number of hydrogen-bond acceptors (Lipinski definition) is 9. The molecule has 9 heteroatoms. The number of carbonyl (C=O) groups is 2. The van der Waals surface area contributed by atoms with Crippen LogP contribution in [-0.2, 0) is 42.7 Å². The fourth-order valence-electron chi connectivity index (χ4n) is 3.49. The minimum absolute atomic E-state index is 0.0557. The molecular formula is C28H54O9. The molecular weight excluding hydrogens is 480 g/mol. The molecule has 0 aliphatic rings. The van der Waals surface area contributed by atoms with Gasteiger partial charge in [-0.15, -0.1) is 0 Å². The van der Waals surface area contributed by atoms with Gasteiger partial charge in [-0.2, -0.15) is 0 Å². The number of carbonyl (C=O) groups excluding carboxylic acids is 2. The topological polar surface area (TPSA) is 98.8 Å². The van der Waals surface area contributed by atoms with Gasteiger partial charge < -0.3 is 33.2 Å². The van der Waals surface area contributed by atoms with Crippen molar-refractivity contribution in [3.63, 3.8) is 0 Å². The molecule has 0 heterocycles. The van der Waals surface area contributed by atoms with E-state index in [1.54, 1.807) is 20.8 Å². The zero-order valence-electron chi connectivity index (χ0n) is 25.4. The van der Waals surface area contributed by atoms with E-state index in [-0.39, 0.29) is 63.1 Å². The number of hydrogen-bond donors (Lipinski definition) is 0. The molecule has 0 rings (SSSR count). The summed E-state index contributed by atoms with van der Waals surface area (Å²) in [4.78, 5) is 25.2. The summed E-state index contributed by atoms with van der Waals surface area (Å²) in [7, 11) is 0. The Bertz CT molecular complexity index is 652. The van der Waals surface area contributed by atoms with Crippen molar-refractivity contribution in [2.24, 2.45) is 0 Å². The van der Waals surface area contributed by atoms with Gasteiger partial charge in [0.15, 0.2) is 11.2 Å². The zero-order valence-corrected chi connectivity index (χ0v) is 25.4. The highest BCUT2D eigenvalue weighted by atomic mass is 16.6. The predicted octanol–water partition coefficient (Wildman–Crippen LogP) is 4.86. The maximum Gasteiger partial charge on any atom is 0.338 e. The molecule has 0 aromatic carbocycles. The minimum Gasteiger partial charge on any atom is -0.461 e. The van der Waals surface area contributed by atoms with Crippen LogP contribution >= 0.6 is 0 Å². The highest BCUT2D eigenvalue weighted by Crippen LogP contribution is 2.21. The van der Waals surface area contributed by atoms with Gasteiger partial charge in [0.2, 0.25) is 0 Å². The van der Waals surface area contributed by atoms with Gasteiger partial charge in [-0.25, -0.2) is 9.59 Å². The van der Waals surface area contributed by atoms with Gasteiger partial charge >= 0.3 is 11.9 Å². The van der Waals surface area contributed by atoms with E-state index in [4.69, 9.17) is 33.2 Å². The number of rotatable bonds is 20. The van der Waals surface area contributed by atoms with Crippen molar-refractivity contribution in [2.75, 3.05) is 26.4 Å². The summed E-state index contributed by atoms with van der Waals surface area (Å²) in [6, 6.07) is 0. The van der Waals surface area contributed by atoms with Crippen molar-refractivity contribution in [2.45, 2.75) is 144 Å². The molecule has 9 nitrogen and oxygen atoms in total. The molecule has 220 valence electrons. The third-order valence-corrected chi connectivity index (χ3v) is 5.70. The van der Waals surface area contributed by atoms with Crippen molar-refractivity contribution >= 4 is 11.9 Å². The average molecular weight is 535 g/mol. The molecule has 0 aliphatic heterocycles. The van der Waals surface area contributed by atoms with Crippen molar-refractivity contribution in [1.82, 2.24) is 0 Å². The smallest absolute Gasteiger partial charge is 0.338 e. The molecule has 37 heavy (non-hydrogen) atoms. The molecule has 0 spiro atoms. The standard InChI is InChI=1S/C28H54O9/c1-13-20(5)35-22(7)18-33-26(30)28(12,14-2)37-24(9)16-31-15-23(8)36-27(10,11)25(29)32-17-21(6)34-19(3)4/h19-24H,13-18H2,1-12H3. The van der Waals surface area contributed by atoms with E-state index in [1.165, 1.54) is 0 Å². The van der Waals surface area contributed by atoms with Gasteiger partial charge in [-0.05, 0) is 82.1 Å². The summed E-state index contributed by atoms with van der Waals surface area (Å²) in [5.41, 5.74) is -2.23. The Morgan fingerprint density at radius 3 is 1.59 bits per heavy atom. The van der Waals surface area contributed by atoms with Crippen LogP contribution < -0.4 is 0 Å². The Kier molecular flexibility index (Phi) is 16.8. The van der Waals surface area contributed by atoms with Crippen LogP contribution in [0, 0.1) is 0 Å². The predicted molar refractivity (Wildman–Crippen MR) is 143 cm³/mol. The molecule has 6 atom stereocenters. The van der Waals surface area contributed by atoms with E-state index >= 15 is 0 Å². The van der Waals surface area contributed by atoms with E-state index in [0.29, 0.717) is 6.42 Å². The Labute approximate surface area is 225 Å². The van der Waals surface area contributed by atoms with Gasteiger partial charge in [0, 0.05) is 0 Å². The first-order valence-corrected chi connectivity index (χ1v) is 13.6. The summed E-state index contributed by atoms with van der Waals surface area (Å²) >= 11 is 0. The Morgan fingerprint density at radius 1 is 0.622 bits per heavy atom. The van der Waals surface area contributed by atoms with Crippen LogP contribution in [0.3, 0.4) is 0 Å². The van der Waals surface area contributed by atoms with Crippen LogP contribution in [0.5, 0.6) is 0 Å². The maximum atomic E-state index is 12.7. The molecule has 0 N–H and O–H groups in total. The molecule has 0 aliphatic carbocycles. The summed E-state index contributed by atoms with van der Waals surface area (Å²) in [5.74, 6) is -0.886. The minimum atomic E-state index is -1.14. The maximum absolute atomic E-state index is 12.7. The number of ether oxygens (including phenoxy) is 7. The lowest BCUT2D eigenvalue weighted by molar-refractivity contribution is -0.188. The van der Waals surface area contributed by atoms with Crippen LogP contribution in [-0.4, -0.2) is 86.2 Å². The normalized spacial score (nSPS) is 18.0. The molecule has 0 saturated heterocycles. The van der Waals surface area contributed by atoms with E-state index in [1.807, 2.05) is 62.3 Å². The first kappa shape index (κ1) is 35.7. The first-order valence-electron chi connectivity index (χ1n) is 13.6. The third-order valence-electron chi connectivity index (χ3n) is 5.70. The van der Waals surface area contributed by atoms with Gasteiger partial charge in [0.25, 0.3) is 0 Å². The molecule has 0 amide bonds. The SMILES string of the molecule is CCC(C)OC(C)COC(=O)C(C)(CC)OC(C)COCC(C)OC(C)(C)C(=O)OCC(C)OC(C)C. The van der Waals surface area contributed by atoms with Gasteiger partial charge in [0.05, 0.1) is 49.8 Å². The Hall–Kier alpha value is -1.26. The second-order valence-corrected chi connectivity index (χ2v) is 10.8. The Balaban J connectivity index is 4.54. The van der Waals surface area contributed by atoms with E-state index in [9.17, 15) is 9.59 Å². The lowest BCUT2D eigenvalue weighted by Gasteiger charge is -2.31. The van der Waals surface area contributed by atoms with Crippen LogP contribution in [0.15, 0.2) is 0 Å². The molecule has 6 unspecified atom stereocenters. The highest BCUT2D eigenvalue weighted by molar-refractivity contribution is 5.79. The summed E-state index contributed by atoms with van der Waals surface area (Å²) < 4.78 is 39.8. The van der Waals surface area contributed by atoms with Gasteiger partial charge in [0.1, 0.15) is 13.2 Å². The summed E-state index contributed by atoms with van der Waals surface area (Å²) in [6.45, 7) is 23.0. The van der Waals surface area contributed by atoms with E-state index < -0.39 is 23.1 Å². The molecule has 0 fully saturated rings. The lowest BCUT2D eigenvalue weighted by atomic mass is 10.0. The third kappa shape index (κ3) is 15.1. The summed E-state index contributed by atoms with van der Waals surface area (Å²) in [6.07, 6.45) is 0.384. The van der Waals surface area contributed by atoms with E-state index in [2.05, 4.69) is 0 Å². The Morgan fingerprint density at radius 2 is 1.11 bits per heavy atom. The van der Waals surface area contributed by atoms with Crippen molar-refractivity contribution in [3.8, 4) is 0 Å². The van der Waals surface area contributed by atoms with Crippen molar-refractivity contribution < 1.29 is 42.7 Å². The van der Waals surface area contributed by atoms with Crippen molar-refractivity contribution in [1.29, 1.82) is 0 Å². The molecule has 0 saturated carbocycles. The van der Waals surface area contributed by atoms with Gasteiger partial charge in [-0.3, -0.25) is 0 Å². The molecule has 0 bridgehead atoms.